The summed E-state index contributed by atoms with van der Waals surface area (Å²) in [4.78, 5) is 23.1. The first-order valence-corrected chi connectivity index (χ1v) is 4.26. The first-order valence-electron chi connectivity index (χ1n) is 0.921. The molecule has 0 atom stereocenters. The number of rotatable bonds is 0. The molecule has 29 valence electrons. The minimum absolute atomic E-state index is 2.22. The van der Waals surface area contributed by atoms with Crippen molar-refractivity contribution in [2.24, 2.45) is 0 Å². The van der Waals surface area contributed by atoms with Crippen LogP contribution in [0.3, 0.4) is 0 Å². The molecule has 0 aliphatic heterocycles. The summed E-state index contributed by atoms with van der Waals surface area (Å²) in [5.41, 5.74) is 0. The third kappa shape index (κ3) is 235. The summed E-state index contributed by atoms with van der Waals surface area (Å²) < 4.78 is 0. The zero-order chi connectivity index (χ0) is 4.50. The normalized spacial score (nSPS) is 12.0. The zero-order valence-corrected chi connectivity index (χ0v) is 4.34. The monoisotopic (exact) mass is 107 g/mol. The molecule has 0 unspecified atom stereocenters. The van der Waals surface area contributed by atoms with Gasteiger partial charge in [-0.15, -0.1) is 0 Å². The van der Waals surface area contributed by atoms with Gasteiger partial charge in [0, 0.05) is 0 Å². The fourth-order valence-electron chi connectivity index (χ4n) is 0. The van der Waals surface area contributed by atoms with Crippen LogP contribution in [0.15, 0.2) is 0 Å². The van der Waals surface area contributed by atoms with Crippen molar-refractivity contribution in [2.45, 2.75) is 0 Å². The molecule has 3 N–H and O–H groups in total. The highest BCUT2D eigenvalue weighted by atomic mass is 29.2. The van der Waals surface area contributed by atoms with Gasteiger partial charge in [-0.25, -0.2) is 0 Å². The van der Waals surface area contributed by atoms with Crippen molar-refractivity contribution in [3.8, 4) is 0 Å². The van der Waals surface area contributed by atoms with Crippen molar-refractivity contribution in [1.82, 2.24) is 0 Å². The molecule has 0 fully saturated rings. The standard InChI is InChI=1S/H3O3Si2/c1-5(2,3)4/h1-3H. The van der Waals surface area contributed by atoms with E-state index < -0.39 is 8.32 Å². The molecule has 5 heteroatoms. The van der Waals surface area contributed by atoms with E-state index in [-0.39, 0.29) is 0 Å². The molecule has 3 radical (unpaired) electrons. The van der Waals surface area contributed by atoms with Crippen LogP contribution in [0.4, 0.5) is 0 Å². The lowest BCUT2D eigenvalue weighted by atomic mass is 15.8. The van der Waals surface area contributed by atoms with Crippen molar-refractivity contribution in [2.75, 3.05) is 0 Å². The highest BCUT2D eigenvalue weighted by molar-refractivity contribution is 7.03. The van der Waals surface area contributed by atoms with Crippen molar-refractivity contribution in [1.29, 1.82) is 0 Å². The lowest BCUT2D eigenvalue weighted by molar-refractivity contribution is 0.261. The van der Waals surface area contributed by atoms with E-state index in [1.54, 1.807) is 0 Å². The van der Waals surface area contributed by atoms with Crippen LogP contribution in [-0.2, 0) is 0 Å². The van der Waals surface area contributed by atoms with Crippen LogP contribution in [0.5, 0.6) is 0 Å². The molecular formula is H3O3Si2. The topological polar surface area (TPSA) is 60.7 Å². The Hall–Kier alpha value is 0.314. The molecule has 0 aliphatic rings. The Morgan fingerprint density at radius 3 is 1.20 bits per heavy atom. The van der Waals surface area contributed by atoms with Gasteiger partial charge < -0.3 is 14.4 Å². The molecule has 0 bridgehead atoms. The van der Waals surface area contributed by atoms with Crippen LogP contribution in [0.1, 0.15) is 0 Å². The Kier molecular flexibility index (Phi) is 1.26. The van der Waals surface area contributed by atoms with E-state index in [4.69, 9.17) is 14.4 Å². The molecule has 0 aromatic carbocycles. The Bertz CT molecular complexity index is 20.4. The van der Waals surface area contributed by atoms with Gasteiger partial charge in [0.1, 0.15) is 9.76 Å². The first-order chi connectivity index (χ1) is 2.00. The van der Waals surface area contributed by atoms with E-state index >= 15 is 0 Å². The minimum Gasteiger partial charge on any atom is -0.393 e. The average Bonchev–Trinajstić information content (AvgIpc) is 0.722. The van der Waals surface area contributed by atoms with Gasteiger partial charge in [0.25, 0.3) is 0 Å². The van der Waals surface area contributed by atoms with E-state index in [0.717, 1.165) is 0 Å². The molecule has 0 rings (SSSR count). The van der Waals surface area contributed by atoms with E-state index in [1.165, 1.54) is 0 Å². The zero-order valence-electron chi connectivity index (χ0n) is 2.34. The summed E-state index contributed by atoms with van der Waals surface area (Å²) in [7, 11) is -1.58. The maximum absolute atomic E-state index is 7.68. The Morgan fingerprint density at radius 2 is 1.20 bits per heavy atom. The second-order valence-corrected chi connectivity index (χ2v) is 3.92. The average molecular weight is 107 g/mol. The van der Waals surface area contributed by atoms with Crippen molar-refractivity contribution < 1.29 is 14.4 Å². The van der Waals surface area contributed by atoms with Crippen LogP contribution in [0, 0.1) is 0 Å². The fraction of sp³-hybridized carbons (Fsp3) is 0. The van der Waals surface area contributed by atoms with Crippen LogP contribution in [0.2, 0.25) is 0 Å². The summed E-state index contributed by atoms with van der Waals surface area (Å²) >= 11 is 0. The number of hydrogen-bond donors (Lipinski definition) is 3. The highest BCUT2D eigenvalue weighted by Gasteiger charge is 2.14. The Morgan fingerprint density at radius 1 is 1.20 bits per heavy atom. The molecule has 0 spiro atoms. The molecule has 0 aromatic heterocycles. The van der Waals surface area contributed by atoms with Gasteiger partial charge in [-0.3, -0.25) is 0 Å². The minimum atomic E-state index is -3.81. The van der Waals surface area contributed by atoms with Gasteiger partial charge in [-0.1, -0.05) is 0 Å². The van der Waals surface area contributed by atoms with E-state index in [0.29, 0.717) is 0 Å². The molecule has 0 saturated carbocycles. The Labute approximate surface area is 33.5 Å². The lowest BCUT2D eigenvalue weighted by Gasteiger charge is -1.95. The predicted molar refractivity (Wildman–Crippen MR) is 18.2 cm³/mol. The fourth-order valence-corrected chi connectivity index (χ4v) is 0. The van der Waals surface area contributed by atoms with Gasteiger partial charge >= 0.3 is 8.32 Å². The summed E-state index contributed by atoms with van der Waals surface area (Å²) in [5.74, 6) is 0. The summed E-state index contributed by atoms with van der Waals surface area (Å²) in [6.07, 6.45) is 0. The number of hydrogen-bond acceptors (Lipinski definition) is 3. The molecule has 0 aromatic rings. The molecular weight excluding hydrogens is 104 g/mol. The maximum Gasteiger partial charge on any atom is 0.452 e. The molecule has 3 nitrogen and oxygen atoms in total. The summed E-state index contributed by atoms with van der Waals surface area (Å²) in [5, 5.41) is 0. The summed E-state index contributed by atoms with van der Waals surface area (Å²) in [6.45, 7) is 0. The third-order valence-corrected chi connectivity index (χ3v) is 0. The van der Waals surface area contributed by atoms with Crippen LogP contribution < -0.4 is 0 Å². The van der Waals surface area contributed by atoms with Gasteiger partial charge in [-0.05, 0) is 0 Å². The lowest BCUT2D eigenvalue weighted by Crippen LogP contribution is -2.35. The first kappa shape index (κ1) is 5.31. The second kappa shape index (κ2) is 1.19. The molecule has 0 heterocycles. The van der Waals surface area contributed by atoms with Crippen molar-refractivity contribution >= 4 is 18.1 Å². The largest absolute Gasteiger partial charge is 0.452 e. The Balaban J connectivity index is 3.02. The van der Waals surface area contributed by atoms with Gasteiger partial charge in [0.15, 0.2) is 0 Å². The molecule has 5 heavy (non-hydrogen) atoms. The van der Waals surface area contributed by atoms with Gasteiger partial charge in [0.05, 0.1) is 0 Å². The SMILES string of the molecule is O[Si](O)(O)[Si]. The smallest absolute Gasteiger partial charge is 0.393 e. The maximum atomic E-state index is 7.68. The van der Waals surface area contributed by atoms with Crippen molar-refractivity contribution in [3.63, 3.8) is 0 Å². The molecule has 0 aliphatic carbocycles. The molecule has 0 amide bonds. The van der Waals surface area contributed by atoms with E-state index in [2.05, 4.69) is 9.76 Å². The van der Waals surface area contributed by atoms with Gasteiger partial charge in [-0.2, -0.15) is 0 Å². The summed E-state index contributed by atoms with van der Waals surface area (Å²) in [6, 6.07) is 0. The van der Waals surface area contributed by atoms with Gasteiger partial charge in [0.2, 0.25) is 0 Å². The highest BCUT2D eigenvalue weighted by Crippen LogP contribution is 1.66. The van der Waals surface area contributed by atoms with E-state index in [1.807, 2.05) is 0 Å². The van der Waals surface area contributed by atoms with Crippen LogP contribution >= 0.6 is 0 Å². The second-order valence-electron chi connectivity index (χ2n) is 0.635. The third-order valence-electron chi connectivity index (χ3n) is 0. The van der Waals surface area contributed by atoms with Crippen molar-refractivity contribution in [3.05, 3.63) is 0 Å². The van der Waals surface area contributed by atoms with Crippen LogP contribution in [0.25, 0.3) is 0 Å². The van der Waals surface area contributed by atoms with E-state index in [9.17, 15) is 0 Å². The molecule has 0 saturated heterocycles. The van der Waals surface area contributed by atoms with Crippen LogP contribution in [-0.4, -0.2) is 32.5 Å². The predicted octanol–water partition coefficient (Wildman–Crippen LogP) is -2.43. The quantitative estimate of drug-likeness (QED) is 0.302.